The van der Waals surface area contributed by atoms with Crippen molar-refractivity contribution < 1.29 is 4.79 Å². The van der Waals surface area contributed by atoms with E-state index in [2.05, 4.69) is 56.5 Å². The van der Waals surface area contributed by atoms with Gasteiger partial charge in [0.15, 0.2) is 0 Å². The number of para-hydroxylation sites is 1. The van der Waals surface area contributed by atoms with Crippen LogP contribution in [-0.2, 0) is 0 Å². The average molecular weight is 357 g/mol. The topological polar surface area (TPSA) is 41.1 Å². The van der Waals surface area contributed by atoms with E-state index < -0.39 is 0 Å². The van der Waals surface area contributed by atoms with E-state index in [0.29, 0.717) is 17.9 Å². The smallest absolute Gasteiger partial charge is 0.319 e. The first-order valence-electron chi connectivity index (χ1n) is 10.6. The molecule has 2 saturated carbocycles. The van der Waals surface area contributed by atoms with Crippen LogP contribution in [0.5, 0.6) is 0 Å². The minimum absolute atomic E-state index is 0.0364. The van der Waals surface area contributed by atoms with Crippen molar-refractivity contribution in [1.29, 1.82) is 0 Å². The van der Waals surface area contributed by atoms with Gasteiger partial charge < -0.3 is 10.6 Å². The second kappa shape index (κ2) is 8.45. The zero-order valence-electron chi connectivity index (χ0n) is 17.0. The molecule has 2 N–H and O–H groups in total. The molecule has 2 amide bonds. The molecule has 0 heterocycles. The first-order valence-corrected chi connectivity index (χ1v) is 10.6. The molecule has 2 aliphatic rings. The summed E-state index contributed by atoms with van der Waals surface area (Å²) in [4.78, 5) is 12.7. The zero-order valence-corrected chi connectivity index (χ0v) is 17.0. The van der Waals surface area contributed by atoms with Crippen molar-refractivity contribution in [2.75, 3.05) is 5.32 Å². The number of anilines is 1. The summed E-state index contributed by atoms with van der Waals surface area (Å²) in [6.07, 6.45) is 9.16. The fraction of sp³-hybridized carbons (Fsp3) is 0.696. The van der Waals surface area contributed by atoms with Crippen LogP contribution < -0.4 is 10.6 Å². The number of rotatable bonds is 6. The number of hydrogen-bond acceptors (Lipinski definition) is 1. The minimum atomic E-state index is -0.0364. The second-order valence-electron chi connectivity index (χ2n) is 9.12. The van der Waals surface area contributed by atoms with Crippen molar-refractivity contribution >= 4 is 11.7 Å². The number of carbonyl (C=O) groups is 1. The summed E-state index contributed by atoms with van der Waals surface area (Å²) in [6.45, 7) is 8.74. The Bertz CT molecular complexity index is 584. The van der Waals surface area contributed by atoms with Crippen LogP contribution in [0.2, 0.25) is 0 Å². The summed E-state index contributed by atoms with van der Waals surface area (Å²) >= 11 is 0. The Labute approximate surface area is 159 Å². The van der Waals surface area contributed by atoms with Gasteiger partial charge in [-0.3, -0.25) is 0 Å². The van der Waals surface area contributed by atoms with E-state index in [0.717, 1.165) is 30.4 Å². The highest BCUT2D eigenvalue weighted by atomic mass is 16.2. The van der Waals surface area contributed by atoms with E-state index in [4.69, 9.17) is 0 Å². The number of carbonyl (C=O) groups excluding carboxylic acids is 1. The molecule has 3 rings (SSSR count). The molecular formula is C23H36N2O. The van der Waals surface area contributed by atoms with Gasteiger partial charge in [-0.1, -0.05) is 58.7 Å². The lowest BCUT2D eigenvalue weighted by molar-refractivity contribution is 0.234. The molecule has 2 fully saturated rings. The number of amides is 2. The number of benzene rings is 1. The quantitative estimate of drug-likeness (QED) is 0.607. The fourth-order valence-corrected chi connectivity index (χ4v) is 4.40. The molecule has 1 aromatic carbocycles. The van der Waals surface area contributed by atoms with Crippen molar-refractivity contribution in [3.63, 3.8) is 0 Å². The maximum absolute atomic E-state index is 12.7. The predicted molar refractivity (Wildman–Crippen MR) is 110 cm³/mol. The van der Waals surface area contributed by atoms with Gasteiger partial charge in [0.05, 0.1) is 0 Å². The molecule has 0 saturated heterocycles. The Hall–Kier alpha value is -1.51. The molecular weight excluding hydrogens is 320 g/mol. The molecule has 0 atom stereocenters. The third-order valence-corrected chi connectivity index (χ3v) is 6.16. The fourth-order valence-electron chi connectivity index (χ4n) is 4.40. The molecule has 144 valence electrons. The lowest BCUT2D eigenvalue weighted by Crippen LogP contribution is -2.40. The van der Waals surface area contributed by atoms with E-state index in [1.165, 1.54) is 43.2 Å². The van der Waals surface area contributed by atoms with Crippen LogP contribution in [0.25, 0.3) is 0 Å². The standard InChI is InChI=1S/C23H36N2O/c1-15(2)20-6-5-7-21(16(3)4)22(20)25-23(26)24-19-12-10-18(11-13-19)14-17-8-9-17/h5-7,15-19H,8-14H2,1-4H3,(H2,24,25,26). The molecule has 3 nitrogen and oxygen atoms in total. The van der Waals surface area contributed by atoms with E-state index in [-0.39, 0.29) is 6.03 Å². The summed E-state index contributed by atoms with van der Waals surface area (Å²) in [5.41, 5.74) is 3.46. The molecule has 3 heteroatoms. The van der Waals surface area contributed by atoms with Crippen LogP contribution in [0.15, 0.2) is 18.2 Å². The Morgan fingerprint density at radius 3 is 1.88 bits per heavy atom. The van der Waals surface area contributed by atoms with Gasteiger partial charge in [-0.05, 0) is 66.9 Å². The lowest BCUT2D eigenvalue weighted by Gasteiger charge is -2.29. The van der Waals surface area contributed by atoms with Gasteiger partial charge in [-0.15, -0.1) is 0 Å². The van der Waals surface area contributed by atoms with Crippen molar-refractivity contribution in [3.8, 4) is 0 Å². The second-order valence-corrected chi connectivity index (χ2v) is 9.12. The number of nitrogens with one attached hydrogen (secondary N) is 2. The lowest BCUT2D eigenvalue weighted by atomic mass is 9.83. The Kier molecular flexibility index (Phi) is 6.26. The van der Waals surface area contributed by atoms with Crippen LogP contribution in [0.3, 0.4) is 0 Å². The van der Waals surface area contributed by atoms with Gasteiger partial charge in [0, 0.05) is 11.7 Å². The van der Waals surface area contributed by atoms with E-state index in [1.54, 1.807) is 0 Å². The molecule has 0 spiro atoms. The summed E-state index contributed by atoms with van der Waals surface area (Å²) < 4.78 is 0. The molecule has 1 aromatic rings. The third kappa shape index (κ3) is 5.02. The van der Waals surface area contributed by atoms with Crippen LogP contribution in [-0.4, -0.2) is 12.1 Å². The Morgan fingerprint density at radius 1 is 0.923 bits per heavy atom. The molecule has 0 radical (unpaired) electrons. The normalized spacial score (nSPS) is 23.3. The molecule has 0 unspecified atom stereocenters. The first kappa shape index (κ1) is 19.3. The molecule has 0 bridgehead atoms. The average Bonchev–Trinajstić information content (AvgIpc) is 3.40. The van der Waals surface area contributed by atoms with Crippen molar-refractivity contribution in [2.45, 2.75) is 90.5 Å². The minimum Gasteiger partial charge on any atom is -0.335 e. The number of hydrogen-bond donors (Lipinski definition) is 2. The maximum atomic E-state index is 12.7. The van der Waals surface area contributed by atoms with Gasteiger partial charge in [0.25, 0.3) is 0 Å². The molecule has 0 aromatic heterocycles. The highest BCUT2D eigenvalue weighted by Crippen LogP contribution is 2.40. The van der Waals surface area contributed by atoms with Crippen LogP contribution in [0, 0.1) is 11.8 Å². The van der Waals surface area contributed by atoms with Crippen molar-refractivity contribution in [2.24, 2.45) is 11.8 Å². The largest absolute Gasteiger partial charge is 0.335 e. The van der Waals surface area contributed by atoms with Crippen molar-refractivity contribution in [1.82, 2.24) is 5.32 Å². The summed E-state index contributed by atoms with van der Waals surface area (Å²) in [6, 6.07) is 6.67. The predicted octanol–water partition coefficient (Wildman–Crippen LogP) is 6.41. The van der Waals surface area contributed by atoms with Gasteiger partial charge in [0.2, 0.25) is 0 Å². The highest BCUT2D eigenvalue weighted by Gasteiger charge is 2.29. The third-order valence-electron chi connectivity index (χ3n) is 6.16. The Morgan fingerprint density at radius 2 is 1.42 bits per heavy atom. The monoisotopic (exact) mass is 356 g/mol. The van der Waals surface area contributed by atoms with E-state index >= 15 is 0 Å². The first-order chi connectivity index (χ1) is 12.4. The summed E-state index contributed by atoms with van der Waals surface area (Å²) in [5, 5.41) is 6.43. The van der Waals surface area contributed by atoms with E-state index in [1.807, 2.05) is 0 Å². The number of urea groups is 1. The molecule has 0 aliphatic heterocycles. The SMILES string of the molecule is CC(C)c1cccc(C(C)C)c1NC(=O)NC1CCC(CC2CC2)CC1. The van der Waals surface area contributed by atoms with Gasteiger partial charge in [-0.2, -0.15) is 0 Å². The maximum Gasteiger partial charge on any atom is 0.319 e. The molecule has 26 heavy (non-hydrogen) atoms. The summed E-state index contributed by atoms with van der Waals surface area (Å²) in [5.74, 6) is 2.70. The van der Waals surface area contributed by atoms with Crippen LogP contribution >= 0.6 is 0 Å². The van der Waals surface area contributed by atoms with Gasteiger partial charge >= 0.3 is 6.03 Å². The van der Waals surface area contributed by atoms with Crippen LogP contribution in [0.1, 0.15) is 95.6 Å². The van der Waals surface area contributed by atoms with Gasteiger partial charge in [0.1, 0.15) is 0 Å². The molecule has 2 aliphatic carbocycles. The summed E-state index contributed by atoms with van der Waals surface area (Å²) in [7, 11) is 0. The zero-order chi connectivity index (χ0) is 18.7. The van der Waals surface area contributed by atoms with E-state index in [9.17, 15) is 4.79 Å². The van der Waals surface area contributed by atoms with Crippen LogP contribution in [0.4, 0.5) is 10.5 Å². The van der Waals surface area contributed by atoms with Gasteiger partial charge in [-0.25, -0.2) is 4.79 Å². The Balaban J connectivity index is 1.58. The highest BCUT2D eigenvalue weighted by molar-refractivity contribution is 5.91. The van der Waals surface area contributed by atoms with Crippen molar-refractivity contribution in [3.05, 3.63) is 29.3 Å².